The first kappa shape index (κ1) is 41.8. The summed E-state index contributed by atoms with van der Waals surface area (Å²) in [6.45, 7) is 42.7. The van der Waals surface area contributed by atoms with E-state index in [2.05, 4.69) is 199 Å². The second-order valence-electron chi connectivity index (χ2n) is 25.3. The summed E-state index contributed by atoms with van der Waals surface area (Å²) in [6, 6.07) is 25.1. The lowest BCUT2D eigenvalue weighted by Gasteiger charge is -2.36. The number of nitrogens with zero attached hydrogens (tertiary/aromatic N) is 5. The van der Waals surface area contributed by atoms with Crippen molar-refractivity contribution in [2.75, 3.05) is 0 Å². The van der Waals surface area contributed by atoms with Gasteiger partial charge in [0.2, 0.25) is 0 Å². The van der Waals surface area contributed by atoms with Gasteiger partial charge in [0.25, 0.3) is 6.71 Å². The van der Waals surface area contributed by atoms with Gasteiger partial charge in [0.1, 0.15) is 12.7 Å². The number of aromatic nitrogens is 5. The molecule has 0 atom stereocenters. The molecule has 10 rings (SSSR count). The van der Waals surface area contributed by atoms with Gasteiger partial charge in [-0.05, 0) is 119 Å². The van der Waals surface area contributed by atoms with Gasteiger partial charge in [-0.2, -0.15) is 0 Å². The van der Waals surface area contributed by atoms with Crippen LogP contribution in [-0.4, -0.2) is 30.8 Å². The molecule has 5 heterocycles. The zero-order chi connectivity index (χ0) is 45.5. The molecule has 5 nitrogen and oxygen atoms in total. The van der Waals surface area contributed by atoms with Gasteiger partial charge in [-0.15, -0.1) is 0 Å². The molecule has 0 saturated carbocycles. The summed E-state index contributed by atoms with van der Waals surface area (Å²) in [5.41, 5.74) is 20.5. The van der Waals surface area contributed by atoms with Gasteiger partial charge in [0.05, 0.1) is 11.0 Å². The summed E-state index contributed by atoms with van der Waals surface area (Å²) in [6.07, 6.45) is 3.26. The van der Waals surface area contributed by atoms with Crippen molar-refractivity contribution in [1.29, 1.82) is 0 Å². The minimum Gasteiger partial charge on any atom is -0.310 e. The van der Waals surface area contributed by atoms with Crippen molar-refractivity contribution in [2.24, 2.45) is 0 Å². The first-order valence-corrected chi connectivity index (χ1v) is 23.2. The van der Waals surface area contributed by atoms with Gasteiger partial charge in [-0.25, -0.2) is 15.0 Å². The molecule has 5 aromatic carbocycles. The SMILES string of the molecule is CC(C)(C)c1cc2c3c(c1)c1c(C(C)(C)C)cc(C(C)(C)C)cc1n3-c1cc(-c3ncncn3)cc3c1B2c1cc(C(C)(C)C)cc2c4c(C(C)(C)C)cc(C(C)(C)C)cc4n-3c12. The average molecular weight is 832 g/mol. The zero-order valence-corrected chi connectivity index (χ0v) is 41.2. The predicted molar refractivity (Wildman–Crippen MR) is 271 cm³/mol. The molecule has 0 bridgehead atoms. The summed E-state index contributed by atoms with van der Waals surface area (Å²) in [5, 5.41) is 5.41. The average Bonchev–Trinajstić information content (AvgIpc) is 3.69. The third-order valence-electron chi connectivity index (χ3n) is 14.3. The summed E-state index contributed by atoms with van der Waals surface area (Å²) in [7, 11) is 0. The highest BCUT2D eigenvalue weighted by molar-refractivity contribution is 7.00. The van der Waals surface area contributed by atoms with Crippen LogP contribution in [0.3, 0.4) is 0 Å². The maximum Gasteiger partial charge on any atom is 0.252 e. The first-order chi connectivity index (χ1) is 29.0. The van der Waals surface area contributed by atoms with Gasteiger partial charge < -0.3 is 9.13 Å². The Hall–Kier alpha value is -5.23. The van der Waals surface area contributed by atoms with Crippen LogP contribution in [0.25, 0.3) is 66.4 Å². The molecule has 2 aliphatic heterocycles. The van der Waals surface area contributed by atoms with Gasteiger partial charge in [-0.3, -0.25) is 0 Å². The van der Waals surface area contributed by atoms with Crippen molar-refractivity contribution in [3.8, 4) is 22.8 Å². The Kier molecular flexibility index (Phi) is 8.44. The van der Waals surface area contributed by atoms with E-state index < -0.39 is 0 Å². The molecule has 6 heteroatoms. The van der Waals surface area contributed by atoms with E-state index in [0.29, 0.717) is 5.82 Å². The lowest BCUT2D eigenvalue weighted by Crippen LogP contribution is -2.59. The largest absolute Gasteiger partial charge is 0.310 e. The van der Waals surface area contributed by atoms with Gasteiger partial charge in [0, 0.05) is 49.5 Å². The Morgan fingerprint density at radius 3 is 1.13 bits per heavy atom. The molecule has 0 N–H and O–H groups in total. The normalized spacial score (nSPS) is 14.5. The van der Waals surface area contributed by atoms with Crippen molar-refractivity contribution >= 4 is 66.7 Å². The van der Waals surface area contributed by atoms with Crippen LogP contribution in [0.4, 0.5) is 0 Å². The fourth-order valence-electron chi connectivity index (χ4n) is 10.7. The molecule has 0 aliphatic carbocycles. The third kappa shape index (κ3) is 6.12. The second-order valence-corrected chi connectivity index (χ2v) is 25.3. The summed E-state index contributed by atoms with van der Waals surface area (Å²) >= 11 is 0. The third-order valence-corrected chi connectivity index (χ3v) is 14.3. The Balaban J connectivity index is 1.52. The van der Waals surface area contributed by atoms with Crippen molar-refractivity contribution in [2.45, 2.75) is 157 Å². The second kappa shape index (κ2) is 12.7. The monoisotopic (exact) mass is 832 g/mol. The summed E-state index contributed by atoms with van der Waals surface area (Å²) in [4.78, 5) is 13.9. The fraction of sp³-hybridized carbons (Fsp3) is 0.421. The van der Waals surface area contributed by atoms with Crippen LogP contribution in [0.5, 0.6) is 0 Å². The zero-order valence-electron chi connectivity index (χ0n) is 41.2. The molecule has 0 unspecified atom stereocenters. The van der Waals surface area contributed by atoms with Crippen molar-refractivity contribution in [1.82, 2.24) is 24.1 Å². The predicted octanol–water partition coefficient (Wildman–Crippen LogP) is 12.7. The van der Waals surface area contributed by atoms with Crippen LogP contribution in [0.1, 0.15) is 158 Å². The number of hydrogen-bond acceptors (Lipinski definition) is 3. The van der Waals surface area contributed by atoms with E-state index in [1.807, 2.05) is 0 Å². The highest BCUT2D eigenvalue weighted by atomic mass is 15.0. The lowest BCUT2D eigenvalue weighted by atomic mass is 9.34. The molecule has 0 fully saturated rings. The molecule has 3 aromatic heterocycles. The Labute approximate surface area is 375 Å². The van der Waals surface area contributed by atoms with Crippen molar-refractivity contribution in [3.63, 3.8) is 0 Å². The fourth-order valence-corrected chi connectivity index (χ4v) is 10.7. The number of fused-ring (bicyclic) bond motifs is 10. The minimum absolute atomic E-state index is 0.00835. The minimum atomic E-state index is -0.0986. The highest BCUT2D eigenvalue weighted by Gasteiger charge is 2.44. The maximum atomic E-state index is 4.82. The maximum absolute atomic E-state index is 4.82. The topological polar surface area (TPSA) is 48.5 Å². The lowest BCUT2D eigenvalue weighted by molar-refractivity contribution is 0.572. The highest BCUT2D eigenvalue weighted by Crippen LogP contribution is 2.48. The number of hydrogen-bond donors (Lipinski definition) is 0. The van der Waals surface area contributed by atoms with E-state index in [1.165, 1.54) is 105 Å². The molecular weight excluding hydrogens is 765 g/mol. The van der Waals surface area contributed by atoms with Crippen LogP contribution >= 0.6 is 0 Å². The van der Waals surface area contributed by atoms with E-state index in [1.54, 1.807) is 12.7 Å². The van der Waals surface area contributed by atoms with E-state index >= 15 is 0 Å². The molecule has 2 aliphatic rings. The molecule has 0 amide bonds. The van der Waals surface area contributed by atoms with Crippen molar-refractivity contribution in [3.05, 3.63) is 107 Å². The summed E-state index contributed by atoms with van der Waals surface area (Å²) in [5.74, 6) is 0.681. The van der Waals surface area contributed by atoms with E-state index in [4.69, 9.17) is 9.97 Å². The smallest absolute Gasteiger partial charge is 0.252 e. The van der Waals surface area contributed by atoms with E-state index in [0.717, 1.165) is 5.56 Å². The summed E-state index contributed by atoms with van der Waals surface area (Å²) < 4.78 is 5.30. The quantitative estimate of drug-likeness (QED) is 0.155. The molecular formula is C57H66BN5. The molecule has 0 saturated heterocycles. The van der Waals surface area contributed by atoms with Crippen LogP contribution in [-0.2, 0) is 32.5 Å². The Morgan fingerprint density at radius 1 is 0.413 bits per heavy atom. The van der Waals surface area contributed by atoms with Gasteiger partial charge >= 0.3 is 0 Å². The van der Waals surface area contributed by atoms with Crippen molar-refractivity contribution < 1.29 is 0 Å². The molecule has 0 radical (unpaired) electrons. The first-order valence-electron chi connectivity index (χ1n) is 23.2. The standard InChI is InChI=1S/C57H66BN5/c1-52(2,3)32-21-36-46-38(56(13,14)15)23-34(54(7,8)9)27-42(46)62-44-19-31(51-60-29-59-30-61-51)20-45-48(44)58(40(25-32)49(36)62)41-26-33(53(4,5)6)22-37-47-39(57(16,17)18)24-35(55(10,11)12)28-43(47)63(45)50(37)41/h19-30H,1-18H3. The van der Waals surface area contributed by atoms with Crippen LogP contribution in [0, 0.1) is 0 Å². The Bertz CT molecular complexity index is 3060. The molecule has 0 spiro atoms. The van der Waals surface area contributed by atoms with Crippen LogP contribution in [0.15, 0.2) is 73.3 Å². The van der Waals surface area contributed by atoms with E-state index in [9.17, 15) is 0 Å². The van der Waals surface area contributed by atoms with Gasteiger partial charge in [0.15, 0.2) is 5.82 Å². The molecule has 8 aromatic rings. The van der Waals surface area contributed by atoms with Crippen LogP contribution < -0.4 is 16.4 Å². The Morgan fingerprint density at radius 2 is 0.778 bits per heavy atom. The molecule has 322 valence electrons. The number of benzene rings is 5. The van der Waals surface area contributed by atoms with E-state index in [-0.39, 0.29) is 39.2 Å². The van der Waals surface area contributed by atoms with Gasteiger partial charge in [-0.1, -0.05) is 149 Å². The number of rotatable bonds is 1. The van der Waals surface area contributed by atoms with Crippen LogP contribution in [0.2, 0.25) is 0 Å². The molecule has 63 heavy (non-hydrogen) atoms.